The molecule has 0 radical (unpaired) electrons. The summed E-state index contributed by atoms with van der Waals surface area (Å²) < 4.78 is 0. The molecule has 2 aromatic heterocycles. The molecule has 0 unspecified atom stereocenters. The van der Waals surface area contributed by atoms with Crippen molar-refractivity contribution in [2.45, 2.75) is 6.92 Å². The molecule has 0 aromatic carbocycles. The summed E-state index contributed by atoms with van der Waals surface area (Å²) in [5.74, 6) is 1.51. The van der Waals surface area contributed by atoms with Gasteiger partial charge in [0.1, 0.15) is 0 Å². The summed E-state index contributed by atoms with van der Waals surface area (Å²) in [5.41, 5.74) is 0.928. The Morgan fingerprint density at radius 2 is 2.19 bits per heavy atom. The molecule has 4 nitrogen and oxygen atoms in total. The number of hydrogen-bond donors (Lipinski definition) is 0. The molecular formula is C11H13N3OS. The second-order valence-corrected chi connectivity index (χ2v) is 4.30. The molecule has 0 fully saturated rings. The van der Waals surface area contributed by atoms with E-state index in [4.69, 9.17) is 4.84 Å². The van der Waals surface area contributed by atoms with Gasteiger partial charge in [0.25, 0.3) is 0 Å². The lowest BCUT2D eigenvalue weighted by Gasteiger charge is -2.15. The van der Waals surface area contributed by atoms with Gasteiger partial charge in [-0.3, -0.25) is 4.84 Å². The van der Waals surface area contributed by atoms with E-state index in [0.717, 1.165) is 22.2 Å². The molecule has 2 rings (SSSR count). The van der Waals surface area contributed by atoms with Crippen molar-refractivity contribution >= 4 is 17.2 Å². The van der Waals surface area contributed by atoms with Crippen molar-refractivity contribution in [2.75, 3.05) is 19.2 Å². The van der Waals surface area contributed by atoms with E-state index in [1.165, 1.54) is 0 Å². The molecule has 0 bridgehead atoms. The SMILES string of the molecule is CON(C)c1cc(C)nc(-c2cccs2)n1. The maximum atomic E-state index is 5.11. The van der Waals surface area contributed by atoms with Gasteiger partial charge in [0.05, 0.1) is 12.0 Å². The fourth-order valence-corrected chi connectivity index (χ4v) is 1.98. The van der Waals surface area contributed by atoms with Crippen LogP contribution in [0.15, 0.2) is 23.6 Å². The van der Waals surface area contributed by atoms with Gasteiger partial charge >= 0.3 is 0 Å². The molecule has 0 aliphatic heterocycles. The third-order valence-corrected chi connectivity index (χ3v) is 3.04. The Balaban J connectivity index is 2.44. The largest absolute Gasteiger partial charge is 0.276 e. The summed E-state index contributed by atoms with van der Waals surface area (Å²) in [4.78, 5) is 15.0. The van der Waals surface area contributed by atoms with Gasteiger partial charge in [-0.05, 0) is 18.4 Å². The van der Waals surface area contributed by atoms with Gasteiger partial charge in [-0.2, -0.15) is 0 Å². The highest BCUT2D eigenvalue weighted by molar-refractivity contribution is 7.13. The number of nitrogens with zero attached hydrogens (tertiary/aromatic N) is 3. The molecule has 0 amide bonds. The first kappa shape index (κ1) is 11.0. The van der Waals surface area contributed by atoms with E-state index in [2.05, 4.69) is 9.97 Å². The molecule has 5 heteroatoms. The van der Waals surface area contributed by atoms with Crippen LogP contribution in [0.3, 0.4) is 0 Å². The minimum atomic E-state index is 0.744. The van der Waals surface area contributed by atoms with Crippen LogP contribution in [-0.2, 0) is 4.84 Å². The number of anilines is 1. The molecule has 0 spiro atoms. The zero-order valence-electron chi connectivity index (χ0n) is 9.47. The Hall–Kier alpha value is -1.46. The summed E-state index contributed by atoms with van der Waals surface area (Å²) in [6, 6.07) is 5.89. The van der Waals surface area contributed by atoms with E-state index in [1.807, 2.05) is 37.6 Å². The van der Waals surface area contributed by atoms with Crippen LogP contribution in [0, 0.1) is 6.92 Å². The highest BCUT2D eigenvalue weighted by atomic mass is 32.1. The van der Waals surface area contributed by atoms with Crippen molar-refractivity contribution in [2.24, 2.45) is 0 Å². The zero-order chi connectivity index (χ0) is 11.5. The van der Waals surface area contributed by atoms with E-state index in [0.29, 0.717) is 0 Å². The molecule has 0 saturated heterocycles. The summed E-state index contributed by atoms with van der Waals surface area (Å²) in [7, 11) is 3.43. The van der Waals surface area contributed by atoms with Crippen molar-refractivity contribution in [3.8, 4) is 10.7 Å². The second-order valence-electron chi connectivity index (χ2n) is 3.35. The van der Waals surface area contributed by atoms with Gasteiger partial charge in [-0.25, -0.2) is 15.0 Å². The van der Waals surface area contributed by atoms with Crippen LogP contribution in [-0.4, -0.2) is 24.1 Å². The van der Waals surface area contributed by atoms with Crippen LogP contribution in [0.2, 0.25) is 0 Å². The third kappa shape index (κ3) is 2.20. The molecule has 0 aliphatic rings. The Morgan fingerprint density at radius 3 is 2.81 bits per heavy atom. The lowest BCUT2D eigenvalue weighted by Crippen LogP contribution is -2.16. The molecule has 0 N–H and O–H groups in total. The quantitative estimate of drug-likeness (QED) is 0.766. The van der Waals surface area contributed by atoms with E-state index in [1.54, 1.807) is 23.5 Å². The molecular weight excluding hydrogens is 222 g/mol. The molecule has 16 heavy (non-hydrogen) atoms. The number of rotatable bonds is 3. The maximum Gasteiger partial charge on any atom is 0.171 e. The molecule has 84 valence electrons. The summed E-state index contributed by atoms with van der Waals surface area (Å²) in [6.45, 7) is 1.95. The van der Waals surface area contributed by atoms with Crippen LogP contribution in [0.25, 0.3) is 10.7 Å². The van der Waals surface area contributed by atoms with E-state index in [-0.39, 0.29) is 0 Å². The average molecular weight is 235 g/mol. The molecule has 2 aromatic rings. The number of hydrogen-bond acceptors (Lipinski definition) is 5. The second kappa shape index (κ2) is 4.59. The van der Waals surface area contributed by atoms with Crippen LogP contribution in [0.5, 0.6) is 0 Å². The van der Waals surface area contributed by atoms with Crippen LogP contribution in [0.4, 0.5) is 5.82 Å². The van der Waals surface area contributed by atoms with E-state index < -0.39 is 0 Å². The van der Waals surface area contributed by atoms with Crippen molar-refractivity contribution in [3.05, 3.63) is 29.3 Å². The maximum absolute atomic E-state index is 5.11. The Kier molecular flexibility index (Phi) is 3.17. The molecule has 2 heterocycles. The number of aryl methyl sites for hydroxylation is 1. The number of aromatic nitrogens is 2. The van der Waals surface area contributed by atoms with Gasteiger partial charge in [0, 0.05) is 18.8 Å². The predicted molar refractivity (Wildman–Crippen MR) is 65.5 cm³/mol. The van der Waals surface area contributed by atoms with Crippen LogP contribution in [0.1, 0.15) is 5.69 Å². The molecule has 0 aliphatic carbocycles. The zero-order valence-corrected chi connectivity index (χ0v) is 10.3. The van der Waals surface area contributed by atoms with Gasteiger partial charge in [-0.1, -0.05) is 6.07 Å². The van der Waals surface area contributed by atoms with Crippen molar-refractivity contribution in [1.29, 1.82) is 0 Å². The topological polar surface area (TPSA) is 38.2 Å². The first-order chi connectivity index (χ1) is 7.70. The summed E-state index contributed by atoms with van der Waals surface area (Å²) >= 11 is 1.63. The predicted octanol–water partition coefficient (Wildman–Crippen LogP) is 2.51. The van der Waals surface area contributed by atoms with E-state index >= 15 is 0 Å². The van der Waals surface area contributed by atoms with Gasteiger partial charge in [-0.15, -0.1) is 11.3 Å². The van der Waals surface area contributed by atoms with Crippen molar-refractivity contribution in [1.82, 2.24) is 9.97 Å². The number of thiophene rings is 1. The van der Waals surface area contributed by atoms with Gasteiger partial charge in [0.15, 0.2) is 11.6 Å². The summed E-state index contributed by atoms with van der Waals surface area (Å²) in [6.07, 6.45) is 0. The number of hydroxylamine groups is 1. The summed E-state index contributed by atoms with van der Waals surface area (Å²) in [5, 5.41) is 3.63. The van der Waals surface area contributed by atoms with Gasteiger partial charge < -0.3 is 0 Å². The van der Waals surface area contributed by atoms with Crippen LogP contribution < -0.4 is 5.06 Å². The lowest BCUT2D eigenvalue weighted by atomic mass is 10.3. The highest BCUT2D eigenvalue weighted by Crippen LogP contribution is 2.23. The molecule has 0 atom stereocenters. The monoisotopic (exact) mass is 235 g/mol. The lowest BCUT2D eigenvalue weighted by molar-refractivity contribution is 0.182. The first-order valence-electron chi connectivity index (χ1n) is 4.88. The minimum Gasteiger partial charge on any atom is -0.276 e. The Labute approximate surface area is 98.5 Å². The smallest absolute Gasteiger partial charge is 0.171 e. The fraction of sp³-hybridized carbons (Fsp3) is 0.273. The Morgan fingerprint density at radius 1 is 1.38 bits per heavy atom. The molecule has 0 saturated carbocycles. The fourth-order valence-electron chi connectivity index (χ4n) is 1.32. The highest BCUT2D eigenvalue weighted by Gasteiger charge is 2.08. The van der Waals surface area contributed by atoms with Gasteiger partial charge in [0.2, 0.25) is 0 Å². The van der Waals surface area contributed by atoms with Crippen LogP contribution >= 0.6 is 11.3 Å². The normalized spacial score (nSPS) is 10.4. The average Bonchev–Trinajstić information content (AvgIpc) is 2.80. The minimum absolute atomic E-state index is 0.744. The van der Waals surface area contributed by atoms with Crippen molar-refractivity contribution < 1.29 is 4.84 Å². The standard InChI is InChI=1S/C11H13N3OS/c1-8-7-10(14(2)15-3)13-11(12-8)9-5-4-6-16-9/h4-7H,1-3H3. The first-order valence-corrected chi connectivity index (χ1v) is 5.76. The van der Waals surface area contributed by atoms with E-state index in [9.17, 15) is 0 Å². The Bertz CT molecular complexity index is 470. The third-order valence-electron chi connectivity index (χ3n) is 2.18. The van der Waals surface area contributed by atoms with Crippen molar-refractivity contribution in [3.63, 3.8) is 0 Å².